The number of carbonyl (C=O) groups is 1. The zero-order chi connectivity index (χ0) is 9.05. The van der Waals surface area contributed by atoms with Crippen LogP contribution in [0.15, 0.2) is 0 Å². The fraction of sp³-hybridized carbons (Fsp3) is 0.900. The topological polar surface area (TPSA) is 49.3 Å². The van der Waals surface area contributed by atoms with Crippen LogP contribution in [0.5, 0.6) is 0 Å². The first-order valence-corrected chi connectivity index (χ1v) is 5.21. The maximum Gasteiger partial charge on any atom is 0.323 e. The lowest BCUT2D eigenvalue weighted by Gasteiger charge is -2.53. The molecule has 2 saturated carbocycles. The van der Waals surface area contributed by atoms with E-state index in [1.165, 1.54) is 19.3 Å². The van der Waals surface area contributed by atoms with Gasteiger partial charge in [0.25, 0.3) is 0 Å². The second-order valence-corrected chi connectivity index (χ2v) is 4.97. The molecule has 4 aliphatic rings. The van der Waals surface area contributed by atoms with Crippen LogP contribution < -0.4 is 5.32 Å². The summed E-state index contributed by atoms with van der Waals surface area (Å²) < 4.78 is 0. The lowest BCUT2D eigenvalue weighted by Crippen LogP contribution is -2.72. The Morgan fingerprint density at radius 2 is 2.00 bits per heavy atom. The van der Waals surface area contributed by atoms with Crippen LogP contribution >= 0.6 is 0 Å². The number of nitrogens with one attached hydrogen (secondary N) is 1. The van der Waals surface area contributed by atoms with Gasteiger partial charge in [-0.3, -0.25) is 10.1 Å². The van der Waals surface area contributed by atoms with E-state index in [0.29, 0.717) is 12.0 Å². The van der Waals surface area contributed by atoms with Crippen LogP contribution in [-0.2, 0) is 4.79 Å². The summed E-state index contributed by atoms with van der Waals surface area (Å²) in [5, 5.41) is 12.3. The van der Waals surface area contributed by atoms with Gasteiger partial charge in [-0.1, -0.05) is 0 Å². The number of fused-ring (bicyclic) bond motifs is 2. The Balaban J connectivity index is 1.75. The van der Waals surface area contributed by atoms with E-state index in [1.807, 2.05) is 0 Å². The third kappa shape index (κ3) is 1.03. The van der Waals surface area contributed by atoms with Crippen LogP contribution in [0.4, 0.5) is 0 Å². The van der Waals surface area contributed by atoms with Gasteiger partial charge in [0.15, 0.2) is 0 Å². The normalized spacial score (nSPS) is 48.3. The molecule has 2 saturated heterocycles. The van der Waals surface area contributed by atoms with Crippen LogP contribution in [0.1, 0.15) is 32.1 Å². The fourth-order valence-electron chi connectivity index (χ4n) is 3.13. The molecule has 0 aromatic heterocycles. The van der Waals surface area contributed by atoms with Gasteiger partial charge >= 0.3 is 5.97 Å². The van der Waals surface area contributed by atoms with Crippen molar-refractivity contribution in [2.24, 2.45) is 11.8 Å². The summed E-state index contributed by atoms with van der Waals surface area (Å²) in [5.41, 5.74) is -0.518. The average Bonchev–Trinajstić information content (AvgIpc) is 2.84. The molecule has 2 aliphatic heterocycles. The average molecular weight is 181 g/mol. The van der Waals surface area contributed by atoms with Gasteiger partial charge in [0, 0.05) is 6.04 Å². The second kappa shape index (κ2) is 2.27. The summed E-state index contributed by atoms with van der Waals surface area (Å²) in [4.78, 5) is 11.0. The molecule has 2 aliphatic carbocycles. The Morgan fingerprint density at radius 3 is 2.54 bits per heavy atom. The summed E-state index contributed by atoms with van der Waals surface area (Å²) in [6.07, 6.45) is 5.65. The third-order valence-corrected chi connectivity index (χ3v) is 3.97. The van der Waals surface area contributed by atoms with Crippen molar-refractivity contribution in [3.05, 3.63) is 0 Å². The smallest absolute Gasteiger partial charge is 0.323 e. The van der Waals surface area contributed by atoms with Crippen molar-refractivity contribution in [1.29, 1.82) is 0 Å². The summed E-state index contributed by atoms with van der Waals surface area (Å²) in [6, 6.07) is 0.510. The zero-order valence-corrected chi connectivity index (χ0v) is 7.62. The SMILES string of the molecule is O=C(O)C12CC(CC(C3CC3)C1)N2. The molecular formula is C10H15NO2. The van der Waals surface area contributed by atoms with Gasteiger partial charge in [0.1, 0.15) is 5.54 Å². The van der Waals surface area contributed by atoms with E-state index in [9.17, 15) is 4.79 Å². The maximum atomic E-state index is 11.0. The molecule has 4 rings (SSSR count). The Hall–Kier alpha value is -0.570. The van der Waals surface area contributed by atoms with Crippen LogP contribution in [-0.4, -0.2) is 22.7 Å². The van der Waals surface area contributed by atoms with Crippen LogP contribution in [0.25, 0.3) is 0 Å². The number of rotatable bonds is 2. The third-order valence-electron chi connectivity index (χ3n) is 3.97. The molecule has 2 N–H and O–H groups in total. The van der Waals surface area contributed by atoms with Crippen LogP contribution in [0.2, 0.25) is 0 Å². The molecule has 2 heterocycles. The molecule has 4 fully saturated rings. The van der Waals surface area contributed by atoms with Crippen molar-refractivity contribution >= 4 is 5.97 Å². The van der Waals surface area contributed by atoms with Gasteiger partial charge in [-0.05, 0) is 43.9 Å². The summed E-state index contributed by atoms with van der Waals surface area (Å²) >= 11 is 0. The van der Waals surface area contributed by atoms with Crippen LogP contribution in [0.3, 0.4) is 0 Å². The Kier molecular flexibility index (Phi) is 1.36. The number of piperidine rings is 1. The zero-order valence-electron chi connectivity index (χ0n) is 7.62. The minimum atomic E-state index is -0.630. The van der Waals surface area contributed by atoms with Crippen molar-refractivity contribution < 1.29 is 9.90 Å². The molecule has 72 valence electrons. The van der Waals surface area contributed by atoms with Gasteiger partial charge < -0.3 is 5.11 Å². The van der Waals surface area contributed by atoms with Gasteiger partial charge in [-0.2, -0.15) is 0 Å². The molecule has 0 amide bonds. The molecule has 3 nitrogen and oxygen atoms in total. The number of carboxylic acids is 1. The highest BCUT2D eigenvalue weighted by molar-refractivity contribution is 5.80. The summed E-state index contributed by atoms with van der Waals surface area (Å²) in [6.45, 7) is 0. The summed E-state index contributed by atoms with van der Waals surface area (Å²) in [5.74, 6) is 0.939. The van der Waals surface area contributed by atoms with Gasteiger partial charge in [0.2, 0.25) is 0 Å². The lowest BCUT2D eigenvalue weighted by atomic mass is 9.65. The Labute approximate surface area is 77.5 Å². The molecule has 3 atom stereocenters. The molecule has 3 unspecified atom stereocenters. The van der Waals surface area contributed by atoms with E-state index >= 15 is 0 Å². The maximum absolute atomic E-state index is 11.0. The molecule has 0 spiro atoms. The second-order valence-electron chi connectivity index (χ2n) is 4.97. The lowest BCUT2D eigenvalue weighted by molar-refractivity contribution is -0.155. The number of aliphatic carboxylic acids is 1. The molecule has 0 aromatic rings. The molecule has 2 bridgehead atoms. The largest absolute Gasteiger partial charge is 0.480 e. The number of hydrogen-bond donors (Lipinski definition) is 2. The highest BCUT2D eigenvalue weighted by Gasteiger charge is 2.57. The van der Waals surface area contributed by atoms with Crippen molar-refractivity contribution in [2.45, 2.75) is 43.7 Å². The first-order valence-electron chi connectivity index (χ1n) is 5.21. The Bertz CT molecular complexity index is 254. The number of carboxylic acid groups (broad SMARTS) is 1. The predicted molar refractivity (Wildman–Crippen MR) is 47.4 cm³/mol. The number of hydrogen-bond acceptors (Lipinski definition) is 2. The first kappa shape index (κ1) is 7.80. The van der Waals surface area contributed by atoms with E-state index < -0.39 is 11.5 Å². The van der Waals surface area contributed by atoms with Crippen molar-refractivity contribution in [3.63, 3.8) is 0 Å². The van der Waals surface area contributed by atoms with E-state index in [2.05, 4.69) is 5.32 Å². The van der Waals surface area contributed by atoms with Crippen molar-refractivity contribution in [2.75, 3.05) is 0 Å². The fourth-order valence-corrected chi connectivity index (χ4v) is 3.13. The van der Waals surface area contributed by atoms with Gasteiger partial charge in [0.05, 0.1) is 0 Å². The molecular weight excluding hydrogens is 166 g/mol. The van der Waals surface area contributed by atoms with Crippen LogP contribution in [0, 0.1) is 11.8 Å². The quantitative estimate of drug-likeness (QED) is 0.668. The van der Waals surface area contributed by atoms with Crippen molar-refractivity contribution in [3.8, 4) is 0 Å². The van der Waals surface area contributed by atoms with E-state index in [-0.39, 0.29) is 0 Å². The standard InChI is InChI=1S/C10H15NO2/c12-9(13)10-4-7(6-1-2-6)3-8(5-10)11-10/h6-8,11H,1-5H2,(H,12,13). The van der Waals surface area contributed by atoms with E-state index in [1.54, 1.807) is 0 Å². The minimum Gasteiger partial charge on any atom is -0.480 e. The monoisotopic (exact) mass is 181 g/mol. The van der Waals surface area contributed by atoms with Crippen molar-refractivity contribution in [1.82, 2.24) is 5.32 Å². The predicted octanol–water partition coefficient (Wildman–Crippen LogP) is 0.992. The highest BCUT2D eigenvalue weighted by Crippen LogP contribution is 2.50. The minimum absolute atomic E-state index is 0.510. The van der Waals surface area contributed by atoms with E-state index in [0.717, 1.165) is 18.8 Å². The van der Waals surface area contributed by atoms with Gasteiger partial charge in [-0.25, -0.2) is 0 Å². The van der Waals surface area contributed by atoms with Gasteiger partial charge in [-0.15, -0.1) is 0 Å². The molecule has 13 heavy (non-hydrogen) atoms. The Morgan fingerprint density at radius 1 is 1.31 bits per heavy atom. The molecule has 0 aromatic carbocycles. The molecule has 3 heteroatoms. The highest BCUT2D eigenvalue weighted by atomic mass is 16.4. The van der Waals surface area contributed by atoms with E-state index in [4.69, 9.17) is 5.11 Å². The molecule has 0 radical (unpaired) electrons. The summed E-state index contributed by atoms with van der Waals surface area (Å²) in [7, 11) is 0. The first-order chi connectivity index (χ1) is 6.20.